The van der Waals surface area contributed by atoms with Gasteiger partial charge in [0.05, 0.1) is 33.5 Å². The van der Waals surface area contributed by atoms with Crippen LogP contribution in [0, 0.1) is 0 Å². The summed E-state index contributed by atoms with van der Waals surface area (Å²) in [5.74, 6) is 0. The van der Waals surface area contributed by atoms with Crippen molar-refractivity contribution in [2.24, 2.45) is 0 Å². The van der Waals surface area contributed by atoms with Crippen LogP contribution >= 0.6 is 23.1 Å². The summed E-state index contributed by atoms with van der Waals surface area (Å²) in [5, 5.41) is 12.6. The molecule has 1 N–H and O–H groups in total. The standard InChI is InChI=1S/C13H20ClN5S/c1-5-6-10-13(20-18-17-10)11(15-4)12-9(14)7-16-19(12)8(2)3/h7-8,11,15H,5-6H2,1-4H3. The summed E-state index contributed by atoms with van der Waals surface area (Å²) < 4.78 is 6.06. The van der Waals surface area contributed by atoms with Crippen molar-refractivity contribution in [3.63, 3.8) is 0 Å². The molecule has 0 bridgehead atoms. The highest BCUT2D eigenvalue weighted by Crippen LogP contribution is 2.33. The third kappa shape index (κ3) is 2.87. The van der Waals surface area contributed by atoms with E-state index in [0.29, 0.717) is 5.02 Å². The number of halogens is 1. The van der Waals surface area contributed by atoms with Crippen molar-refractivity contribution in [2.75, 3.05) is 7.05 Å². The molecular weight excluding hydrogens is 294 g/mol. The molecule has 2 aromatic heterocycles. The molecule has 20 heavy (non-hydrogen) atoms. The SMILES string of the molecule is CCCc1nnsc1C(NC)c1c(Cl)cnn1C(C)C. The second-order valence-electron chi connectivity index (χ2n) is 4.97. The second kappa shape index (κ2) is 6.65. The van der Waals surface area contributed by atoms with Crippen LogP contribution in [0.1, 0.15) is 55.5 Å². The summed E-state index contributed by atoms with van der Waals surface area (Å²) in [4.78, 5) is 1.12. The molecule has 0 aliphatic heterocycles. The highest BCUT2D eigenvalue weighted by Gasteiger charge is 2.26. The molecule has 0 aliphatic rings. The molecule has 0 radical (unpaired) electrons. The van der Waals surface area contributed by atoms with E-state index in [4.69, 9.17) is 11.6 Å². The first-order valence-corrected chi connectivity index (χ1v) is 7.96. The minimum absolute atomic E-state index is 0.0195. The number of aromatic nitrogens is 4. The van der Waals surface area contributed by atoms with Gasteiger partial charge < -0.3 is 5.32 Å². The molecule has 0 aromatic carbocycles. The van der Waals surface area contributed by atoms with Crippen LogP contribution < -0.4 is 5.32 Å². The molecule has 2 rings (SSSR count). The maximum absolute atomic E-state index is 6.35. The first-order valence-electron chi connectivity index (χ1n) is 6.81. The third-order valence-electron chi connectivity index (χ3n) is 3.17. The van der Waals surface area contributed by atoms with Gasteiger partial charge in [-0.1, -0.05) is 29.4 Å². The lowest BCUT2D eigenvalue weighted by Crippen LogP contribution is -2.23. The summed E-state index contributed by atoms with van der Waals surface area (Å²) in [6, 6.07) is 0.234. The first kappa shape index (κ1) is 15.4. The van der Waals surface area contributed by atoms with Gasteiger partial charge in [-0.05, 0) is 38.8 Å². The lowest BCUT2D eigenvalue weighted by Gasteiger charge is -2.20. The van der Waals surface area contributed by atoms with E-state index in [1.165, 1.54) is 11.5 Å². The van der Waals surface area contributed by atoms with Crippen LogP contribution in [0.2, 0.25) is 5.02 Å². The van der Waals surface area contributed by atoms with Gasteiger partial charge in [-0.2, -0.15) is 5.10 Å². The molecule has 1 atom stereocenters. The molecular formula is C13H20ClN5S. The Morgan fingerprint density at radius 3 is 2.80 bits per heavy atom. The van der Waals surface area contributed by atoms with Gasteiger partial charge in [0.2, 0.25) is 0 Å². The van der Waals surface area contributed by atoms with E-state index in [0.717, 1.165) is 29.1 Å². The number of hydrogen-bond acceptors (Lipinski definition) is 5. The van der Waals surface area contributed by atoms with Crippen molar-refractivity contribution in [2.45, 2.75) is 45.7 Å². The quantitative estimate of drug-likeness (QED) is 0.889. The number of hydrogen-bond donors (Lipinski definition) is 1. The van der Waals surface area contributed by atoms with E-state index < -0.39 is 0 Å². The summed E-state index contributed by atoms with van der Waals surface area (Å²) >= 11 is 7.78. The Morgan fingerprint density at radius 1 is 1.45 bits per heavy atom. The summed E-state index contributed by atoms with van der Waals surface area (Å²) in [5.41, 5.74) is 2.02. The number of aryl methyl sites for hydroxylation is 1. The van der Waals surface area contributed by atoms with Crippen LogP contribution in [0.5, 0.6) is 0 Å². The van der Waals surface area contributed by atoms with Gasteiger partial charge in [0.15, 0.2) is 0 Å². The van der Waals surface area contributed by atoms with Gasteiger partial charge in [0.1, 0.15) is 0 Å². The van der Waals surface area contributed by atoms with E-state index in [9.17, 15) is 0 Å². The number of rotatable bonds is 6. The predicted octanol–water partition coefficient (Wildman–Crippen LogP) is 3.23. The fourth-order valence-electron chi connectivity index (χ4n) is 2.27. The zero-order valence-electron chi connectivity index (χ0n) is 12.2. The van der Waals surface area contributed by atoms with Gasteiger partial charge in [-0.15, -0.1) is 5.10 Å². The van der Waals surface area contributed by atoms with E-state index in [1.54, 1.807) is 6.20 Å². The predicted molar refractivity (Wildman–Crippen MR) is 82.4 cm³/mol. The monoisotopic (exact) mass is 313 g/mol. The van der Waals surface area contributed by atoms with Crippen molar-refractivity contribution in [3.05, 3.63) is 27.5 Å². The first-order chi connectivity index (χ1) is 9.60. The fourth-order valence-corrected chi connectivity index (χ4v) is 3.32. The molecule has 5 nitrogen and oxygen atoms in total. The van der Waals surface area contributed by atoms with Crippen LogP contribution in [0.3, 0.4) is 0 Å². The number of nitrogens with one attached hydrogen (secondary N) is 1. The Balaban J connectivity index is 2.47. The Hall–Kier alpha value is -0.980. The zero-order chi connectivity index (χ0) is 14.7. The van der Waals surface area contributed by atoms with Crippen LogP contribution in [0.25, 0.3) is 0 Å². The fraction of sp³-hybridized carbons (Fsp3) is 0.615. The minimum Gasteiger partial charge on any atom is -0.307 e. The smallest absolute Gasteiger partial charge is 0.0890 e. The second-order valence-corrected chi connectivity index (χ2v) is 6.16. The molecule has 0 saturated carbocycles. The van der Waals surface area contributed by atoms with Crippen LogP contribution in [-0.2, 0) is 6.42 Å². The molecule has 1 unspecified atom stereocenters. The molecule has 0 spiro atoms. The largest absolute Gasteiger partial charge is 0.307 e. The summed E-state index contributed by atoms with van der Waals surface area (Å²) in [6.45, 7) is 6.33. The van der Waals surface area contributed by atoms with Crippen molar-refractivity contribution in [3.8, 4) is 0 Å². The summed E-state index contributed by atoms with van der Waals surface area (Å²) in [6.07, 6.45) is 3.68. The molecule has 0 aliphatic carbocycles. The van der Waals surface area contributed by atoms with E-state index in [1.807, 2.05) is 11.7 Å². The lowest BCUT2D eigenvalue weighted by atomic mass is 10.1. The molecule has 2 aromatic rings. The van der Waals surface area contributed by atoms with Crippen LogP contribution in [0.4, 0.5) is 0 Å². The lowest BCUT2D eigenvalue weighted by molar-refractivity contribution is 0.485. The maximum Gasteiger partial charge on any atom is 0.0890 e. The van der Waals surface area contributed by atoms with Gasteiger partial charge in [0, 0.05) is 6.04 Å². The molecule has 0 saturated heterocycles. The highest BCUT2D eigenvalue weighted by molar-refractivity contribution is 7.05. The van der Waals surface area contributed by atoms with E-state index in [2.05, 4.69) is 40.8 Å². The molecule has 110 valence electrons. The molecule has 0 amide bonds. The van der Waals surface area contributed by atoms with Gasteiger partial charge in [-0.25, -0.2) is 0 Å². The molecule has 2 heterocycles. The molecule has 7 heteroatoms. The molecule has 0 fully saturated rings. The Kier molecular flexibility index (Phi) is 5.12. The Bertz CT molecular complexity index is 563. The number of nitrogens with zero attached hydrogens (tertiary/aromatic N) is 4. The minimum atomic E-state index is -0.0195. The third-order valence-corrected chi connectivity index (χ3v) is 4.29. The van der Waals surface area contributed by atoms with Gasteiger partial charge in [0.25, 0.3) is 0 Å². The van der Waals surface area contributed by atoms with Crippen molar-refractivity contribution in [1.29, 1.82) is 0 Å². The Labute approximate surface area is 128 Å². The van der Waals surface area contributed by atoms with Crippen molar-refractivity contribution in [1.82, 2.24) is 24.7 Å². The van der Waals surface area contributed by atoms with Gasteiger partial charge >= 0.3 is 0 Å². The average Bonchev–Trinajstić information content (AvgIpc) is 3.00. The average molecular weight is 314 g/mol. The zero-order valence-corrected chi connectivity index (χ0v) is 13.8. The normalized spacial score (nSPS) is 13.1. The summed E-state index contributed by atoms with van der Waals surface area (Å²) in [7, 11) is 1.92. The van der Waals surface area contributed by atoms with Crippen LogP contribution in [-0.4, -0.2) is 26.4 Å². The van der Waals surface area contributed by atoms with Crippen molar-refractivity contribution >= 4 is 23.1 Å². The van der Waals surface area contributed by atoms with Crippen LogP contribution in [0.15, 0.2) is 6.20 Å². The van der Waals surface area contributed by atoms with E-state index >= 15 is 0 Å². The van der Waals surface area contributed by atoms with Crippen molar-refractivity contribution < 1.29 is 0 Å². The topological polar surface area (TPSA) is 55.6 Å². The van der Waals surface area contributed by atoms with Gasteiger partial charge in [-0.3, -0.25) is 4.68 Å². The van der Waals surface area contributed by atoms with E-state index in [-0.39, 0.29) is 12.1 Å². The maximum atomic E-state index is 6.35. The highest BCUT2D eigenvalue weighted by atomic mass is 35.5. The Morgan fingerprint density at radius 2 is 2.20 bits per heavy atom.